The van der Waals surface area contributed by atoms with Crippen LogP contribution in [0.4, 0.5) is 0 Å². The summed E-state index contributed by atoms with van der Waals surface area (Å²) in [6.07, 6.45) is 0. The third kappa shape index (κ3) is 2.60. The Kier molecular flexibility index (Phi) is 4.43. The van der Waals surface area contributed by atoms with Crippen LogP contribution < -0.4 is 10.1 Å². The van der Waals surface area contributed by atoms with E-state index in [0.29, 0.717) is 0 Å². The number of halogens is 1. The molecule has 0 amide bonds. The zero-order chi connectivity index (χ0) is 13.1. The highest BCUT2D eigenvalue weighted by Gasteiger charge is 2.16. The van der Waals surface area contributed by atoms with Crippen molar-refractivity contribution in [2.45, 2.75) is 13.0 Å². The molecule has 2 nitrogen and oxygen atoms in total. The van der Waals surface area contributed by atoms with E-state index in [0.717, 1.165) is 10.2 Å². The molecule has 1 aromatic heterocycles. The molecule has 1 atom stereocenters. The van der Waals surface area contributed by atoms with Crippen LogP contribution in [-0.2, 0) is 0 Å². The number of hydrogen-bond acceptors (Lipinski definition) is 3. The molecule has 1 N–H and O–H groups in total. The molecular weight excluding hydrogens is 310 g/mol. The Morgan fingerprint density at radius 2 is 2.11 bits per heavy atom. The summed E-state index contributed by atoms with van der Waals surface area (Å²) in [5, 5.41) is 5.50. The van der Waals surface area contributed by atoms with Crippen LogP contribution in [0.2, 0.25) is 0 Å². The third-order valence-electron chi connectivity index (χ3n) is 3.01. The van der Waals surface area contributed by atoms with Gasteiger partial charge in [0, 0.05) is 4.88 Å². The van der Waals surface area contributed by atoms with Crippen molar-refractivity contribution in [3.63, 3.8) is 0 Å². The number of thiophene rings is 1. The second kappa shape index (κ2) is 5.87. The lowest BCUT2D eigenvalue weighted by Crippen LogP contribution is -2.17. The number of nitrogens with one attached hydrogen (secondary N) is 1. The van der Waals surface area contributed by atoms with Crippen molar-refractivity contribution in [1.82, 2.24) is 5.32 Å². The maximum absolute atomic E-state index is 5.26. The Labute approximate surface area is 120 Å². The van der Waals surface area contributed by atoms with Gasteiger partial charge < -0.3 is 10.1 Å². The summed E-state index contributed by atoms with van der Waals surface area (Å²) < 4.78 is 6.24. The van der Waals surface area contributed by atoms with Crippen molar-refractivity contribution >= 4 is 27.3 Å². The lowest BCUT2D eigenvalue weighted by molar-refractivity contribution is 0.412. The van der Waals surface area contributed by atoms with Gasteiger partial charge in [-0.25, -0.2) is 0 Å². The molecule has 0 saturated carbocycles. The van der Waals surface area contributed by atoms with Crippen molar-refractivity contribution in [2.24, 2.45) is 0 Å². The van der Waals surface area contributed by atoms with Gasteiger partial charge in [0.15, 0.2) is 0 Å². The van der Waals surface area contributed by atoms with Gasteiger partial charge in [-0.3, -0.25) is 0 Å². The van der Waals surface area contributed by atoms with Crippen molar-refractivity contribution in [1.29, 1.82) is 0 Å². The number of benzene rings is 1. The second-order valence-electron chi connectivity index (χ2n) is 4.05. The normalized spacial score (nSPS) is 12.4. The van der Waals surface area contributed by atoms with Crippen LogP contribution in [0.1, 0.15) is 22.0 Å². The highest BCUT2D eigenvalue weighted by molar-refractivity contribution is 9.10. The Bertz CT molecular complexity index is 538. The fourth-order valence-corrected chi connectivity index (χ4v) is 3.36. The van der Waals surface area contributed by atoms with Crippen LogP contribution in [0.5, 0.6) is 5.75 Å². The van der Waals surface area contributed by atoms with Gasteiger partial charge in [0.2, 0.25) is 0 Å². The molecule has 0 spiro atoms. The average Bonchev–Trinajstić information content (AvgIpc) is 2.77. The summed E-state index contributed by atoms with van der Waals surface area (Å²) in [6.45, 7) is 2.16. The molecule has 0 saturated heterocycles. The Morgan fingerprint density at radius 3 is 2.61 bits per heavy atom. The third-order valence-corrected chi connectivity index (χ3v) is 4.49. The van der Waals surface area contributed by atoms with E-state index in [-0.39, 0.29) is 6.04 Å². The minimum atomic E-state index is 0.221. The van der Waals surface area contributed by atoms with Gasteiger partial charge in [-0.15, -0.1) is 11.3 Å². The minimum Gasteiger partial charge on any atom is -0.496 e. The van der Waals surface area contributed by atoms with Crippen LogP contribution in [-0.4, -0.2) is 14.2 Å². The van der Waals surface area contributed by atoms with Gasteiger partial charge in [0.25, 0.3) is 0 Å². The van der Waals surface area contributed by atoms with Gasteiger partial charge >= 0.3 is 0 Å². The summed E-state index contributed by atoms with van der Waals surface area (Å²) in [5.41, 5.74) is 2.56. The molecule has 4 heteroatoms. The number of methoxy groups -OCH3 is 1. The molecule has 2 rings (SSSR count). The van der Waals surface area contributed by atoms with Gasteiger partial charge in [0.05, 0.1) is 17.6 Å². The minimum absolute atomic E-state index is 0.221. The Hall–Kier alpha value is -0.840. The summed E-state index contributed by atoms with van der Waals surface area (Å²) in [7, 11) is 3.66. The molecule has 0 aliphatic rings. The van der Waals surface area contributed by atoms with E-state index in [1.54, 1.807) is 18.4 Å². The molecule has 1 aromatic carbocycles. The van der Waals surface area contributed by atoms with Gasteiger partial charge in [-0.2, -0.15) is 0 Å². The van der Waals surface area contributed by atoms with E-state index < -0.39 is 0 Å². The zero-order valence-corrected chi connectivity index (χ0v) is 13.1. The van der Waals surface area contributed by atoms with Crippen LogP contribution in [0.25, 0.3) is 0 Å². The molecule has 0 fully saturated rings. The molecule has 0 aliphatic heterocycles. The molecule has 0 aliphatic carbocycles. The quantitative estimate of drug-likeness (QED) is 0.912. The van der Waals surface area contributed by atoms with E-state index in [2.05, 4.69) is 51.7 Å². The number of ether oxygens (including phenoxy) is 1. The first-order chi connectivity index (χ1) is 8.67. The summed E-state index contributed by atoms with van der Waals surface area (Å²) in [6, 6.07) is 8.60. The van der Waals surface area contributed by atoms with E-state index in [1.165, 1.54) is 16.0 Å². The van der Waals surface area contributed by atoms with E-state index in [4.69, 9.17) is 4.74 Å². The first-order valence-electron chi connectivity index (χ1n) is 5.72. The van der Waals surface area contributed by atoms with E-state index in [1.807, 2.05) is 13.1 Å². The van der Waals surface area contributed by atoms with Crippen LogP contribution >= 0.6 is 27.3 Å². The van der Waals surface area contributed by atoms with E-state index >= 15 is 0 Å². The molecule has 18 heavy (non-hydrogen) atoms. The smallest absolute Gasteiger partial charge is 0.133 e. The van der Waals surface area contributed by atoms with Crippen molar-refractivity contribution in [2.75, 3.05) is 14.2 Å². The van der Waals surface area contributed by atoms with Gasteiger partial charge in [-0.05, 0) is 64.6 Å². The van der Waals surface area contributed by atoms with Crippen molar-refractivity contribution < 1.29 is 4.74 Å². The van der Waals surface area contributed by atoms with Crippen molar-refractivity contribution in [3.05, 3.63) is 50.1 Å². The predicted octanol–water partition coefficient (Wildman–Crippen LogP) is 4.14. The molecule has 1 unspecified atom stereocenters. The number of aryl methyl sites for hydroxylation is 1. The Balaban J connectivity index is 2.40. The molecule has 0 radical (unpaired) electrons. The number of rotatable bonds is 4. The molecule has 96 valence electrons. The highest BCUT2D eigenvalue weighted by Crippen LogP contribution is 2.32. The van der Waals surface area contributed by atoms with Crippen LogP contribution in [0.15, 0.2) is 34.1 Å². The first kappa shape index (κ1) is 13.6. The molecule has 0 bridgehead atoms. The van der Waals surface area contributed by atoms with Crippen molar-refractivity contribution in [3.8, 4) is 5.75 Å². The average molecular weight is 326 g/mol. The summed E-state index contributed by atoms with van der Waals surface area (Å²) in [4.78, 5) is 1.35. The summed E-state index contributed by atoms with van der Waals surface area (Å²) >= 11 is 5.31. The topological polar surface area (TPSA) is 21.3 Å². The SMILES string of the molecule is CNC(c1ccc(OC)c(Br)c1)c1ccsc1C. The first-order valence-corrected chi connectivity index (χ1v) is 7.39. The van der Waals surface area contributed by atoms with Gasteiger partial charge in [-0.1, -0.05) is 6.07 Å². The standard InChI is InChI=1S/C14H16BrNOS/c1-9-11(6-7-18-9)14(16-2)10-4-5-13(17-3)12(15)8-10/h4-8,14,16H,1-3H3. The largest absolute Gasteiger partial charge is 0.496 e. The molecular formula is C14H16BrNOS. The Morgan fingerprint density at radius 1 is 1.33 bits per heavy atom. The van der Waals surface area contributed by atoms with E-state index in [9.17, 15) is 0 Å². The predicted molar refractivity (Wildman–Crippen MR) is 80.7 cm³/mol. The lowest BCUT2D eigenvalue weighted by Gasteiger charge is -2.18. The maximum atomic E-state index is 5.26. The second-order valence-corrected chi connectivity index (χ2v) is 6.02. The molecule has 2 aromatic rings. The van der Waals surface area contributed by atoms with Gasteiger partial charge in [0.1, 0.15) is 5.75 Å². The zero-order valence-electron chi connectivity index (χ0n) is 10.7. The maximum Gasteiger partial charge on any atom is 0.133 e. The van der Waals surface area contributed by atoms with Crippen LogP contribution in [0, 0.1) is 6.92 Å². The molecule has 1 heterocycles. The summed E-state index contributed by atoms with van der Waals surface area (Å²) in [5.74, 6) is 0.857. The highest BCUT2D eigenvalue weighted by atomic mass is 79.9. The fraction of sp³-hybridized carbons (Fsp3) is 0.286. The number of hydrogen-bond donors (Lipinski definition) is 1. The lowest BCUT2D eigenvalue weighted by atomic mass is 9.99. The monoisotopic (exact) mass is 325 g/mol. The van der Waals surface area contributed by atoms with Crippen LogP contribution in [0.3, 0.4) is 0 Å². The fourth-order valence-electron chi connectivity index (χ4n) is 2.06.